The van der Waals surface area contributed by atoms with Crippen LogP contribution in [-0.2, 0) is 14.8 Å². The molecular formula is C20H31N3O6S. The van der Waals surface area contributed by atoms with Crippen molar-refractivity contribution in [2.75, 3.05) is 26.5 Å². The van der Waals surface area contributed by atoms with E-state index in [1.165, 1.54) is 17.5 Å². The summed E-state index contributed by atoms with van der Waals surface area (Å²) in [5.74, 6) is 0.344. The van der Waals surface area contributed by atoms with Crippen LogP contribution in [0.4, 0.5) is 0 Å². The third-order valence-electron chi connectivity index (χ3n) is 4.86. The van der Waals surface area contributed by atoms with Gasteiger partial charge in [0.25, 0.3) is 11.8 Å². The molecule has 0 bridgehead atoms. The van der Waals surface area contributed by atoms with Crippen LogP contribution >= 0.6 is 0 Å². The number of nitrogens with zero attached hydrogens (tertiary/aromatic N) is 1. The lowest BCUT2D eigenvalue weighted by Gasteiger charge is -2.32. The van der Waals surface area contributed by atoms with Gasteiger partial charge in [-0.3, -0.25) is 20.4 Å². The van der Waals surface area contributed by atoms with Gasteiger partial charge in [-0.1, -0.05) is 20.3 Å². The number of rotatable bonds is 8. The number of benzene rings is 1. The SMILES string of the molecule is COc1cc(C(=O)NNC(=O)C2CCCCN2S(C)(=O)=O)ccc1OCCC(C)C. The molecule has 0 radical (unpaired) electrons. The van der Waals surface area contributed by atoms with Crippen molar-refractivity contribution in [3.05, 3.63) is 23.8 Å². The molecule has 1 heterocycles. The summed E-state index contributed by atoms with van der Waals surface area (Å²) in [5.41, 5.74) is 4.95. The molecule has 0 aromatic heterocycles. The van der Waals surface area contributed by atoms with Gasteiger partial charge in [-0.15, -0.1) is 0 Å². The number of hydrazine groups is 1. The summed E-state index contributed by atoms with van der Waals surface area (Å²) in [7, 11) is -2.03. The number of methoxy groups -OCH3 is 1. The van der Waals surface area contributed by atoms with Gasteiger partial charge in [-0.05, 0) is 43.4 Å². The Morgan fingerprint density at radius 1 is 1.20 bits per heavy atom. The highest BCUT2D eigenvalue weighted by Crippen LogP contribution is 2.28. The first-order valence-corrected chi connectivity index (χ1v) is 11.9. The summed E-state index contributed by atoms with van der Waals surface area (Å²) in [6.07, 6.45) is 3.82. The second kappa shape index (κ2) is 10.6. The van der Waals surface area contributed by atoms with Crippen LogP contribution in [0, 0.1) is 5.92 Å². The van der Waals surface area contributed by atoms with Crippen LogP contribution in [-0.4, -0.2) is 57.1 Å². The van der Waals surface area contributed by atoms with Crippen molar-refractivity contribution < 1.29 is 27.5 Å². The van der Waals surface area contributed by atoms with Crippen LogP contribution < -0.4 is 20.3 Å². The molecule has 1 aliphatic rings. The van der Waals surface area contributed by atoms with Crippen LogP contribution in [0.2, 0.25) is 0 Å². The first kappa shape index (κ1) is 23.9. The molecule has 9 nitrogen and oxygen atoms in total. The molecule has 2 N–H and O–H groups in total. The molecular weight excluding hydrogens is 410 g/mol. The standard InChI is InChI=1S/C20H31N3O6S/c1-14(2)10-12-29-17-9-8-15(13-18(17)28-3)19(24)21-22-20(25)16-7-5-6-11-23(16)30(4,26)27/h8-9,13-14,16H,5-7,10-12H2,1-4H3,(H,21,24)(H,22,25). The minimum atomic E-state index is -3.51. The molecule has 1 aromatic rings. The van der Waals surface area contributed by atoms with E-state index >= 15 is 0 Å². The molecule has 1 aromatic carbocycles. The second-order valence-corrected chi connectivity index (χ2v) is 9.66. The molecule has 1 atom stereocenters. The highest BCUT2D eigenvalue weighted by molar-refractivity contribution is 7.88. The number of nitrogens with one attached hydrogen (secondary N) is 2. The van der Waals surface area contributed by atoms with Crippen LogP contribution in [0.1, 0.15) is 49.9 Å². The maximum Gasteiger partial charge on any atom is 0.269 e. The zero-order chi connectivity index (χ0) is 22.3. The lowest BCUT2D eigenvalue weighted by molar-refractivity contribution is -0.126. The number of sulfonamides is 1. The smallest absolute Gasteiger partial charge is 0.269 e. The van der Waals surface area contributed by atoms with Gasteiger partial charge in [-0.25, -0.2) is 8.42 Å². The Morgan fingerprint density at radius 3 is 2.57 bits per heavy atom. The minimum Gasteiger partial charge on any atom is -0.493 e. The first-order valence-electron chi connectivity index (χ1n) is 10.0. The summed E-state index contributed by atoms with van der Waals surface area (Å²) in [5, 5.41) is 0. The van der Waals surface area contributed by atoms with Gasteiger partial charge in [0.15, 0.2) is 11.5 Å². The summed E-state index contributed by atoms with van der Waals surface area (Å²) < 4.78 is 36.0. The van der Waals surface area contributed by atoms with E-state index in [-0.39, 0.29) is 5.56 Å². The molecule has 10 heteroatoms. The van der Waals surface area contributed by atoms with E-state index in [1.807, 2.05) is 0 Å². The topological polar surface area (TPSA) is 114 Å². The molecule has 0 spiro atoms. The van der Waals surface area contributed by atoms with Crippen LogP contribution in [0.3, 0.4) is 0 Å². The van der Waals surface area contributed by atoms with E-state index in [2.05, 4.69) is 24.7 Å². The summed E-state index contributed by atoms with van der Waals surface area (Å²) in [6, 6.07) is 3.90. The lowest BCUT2D eigenvalue weighted by Crippen LogP contribution is -2.55. The number of hydrogen-bond acceptors (Lipinski definition) is 6. The van der Waals surface area contributed by atoms with Gasteiger partial charge in [0.1, 0.15) is 6.04 Å². The van der Waals surface area contributed by atoms with Crippen molar-refractivity contribution >= 4 is 21.8 Å². The Morgan fingerprint density at radius 2 is 1.93 bits per heavy atom. The zero-order valence-electron chi connectivity index (χ0n) is 17.9. The van der Waals surface area contributed by atoms with E-state index in [1.54, 1.807) is 12.1 Å². The maximum absolute atomic E-state index is 12.5. The molecule has 0 aliphatic carbocycles. The maximum atomic E-state index is 12.5. The van der Waals surface area contributed by atoms with Gasteiger partial charge in [0.05, 0.1) is 20.0 Å². The Kier molecular flexibility index (Phi) is 8.48. The van der Waals surface area contributed by atoms with E-state index < -0.39 is 27.9 Å². The van der Waals surface area contributed by atoms with Crippen LogP contribution in [0.15, 0.2) is 18.2 Å². The van der Waals surface area contributed by atoms with Crippen LogP contribution in [0.25, 0.3) is 0 Å². The lowest BCUT2D eigenvalue weighted by atomic mass is 10.0. The predicted octanol–water partition coefficient (Wildman–Crippen LogP) is 1.70. The average Bonchev–Trinajstić information content (AvgIpc) is 2.71. The highest BCUT2D eigenvalue weighted by atomic mass is 32.2. The fourth-order valence-electron chi connectivity index (χ4n) is 3.17. The highest BCUT2D eigenvalue weighted by Gasteiger charge is 2.34. The number of piperidine rings is 1. The van der Waals surface area contributed by atoms with Gasteiger partial charge < -0.3 is 9.47 Å². The Balaban J connectivity index is 1.99. The monoisotopic (exact) mass is 441 g/mol. The molecule has 1 aliphatic heterocycles. The molecule has 2 amide bonds. The van der Waals surface area contributed by atoms with Crippen molar-refractivity contribution in [2.24, 2.45) is 5.92 Å². The minimum absolute atomic E-state index is 0.270. The number of ether oxygens (including phenoxy) is 2. The van der Waals surface area contributed by atoms with Crippen molar-refractivity contribution in [1.82, 2.24) is 15.2 Å². The number of carbonyl (C=O) groups is 2. The molecule has 30 heavy (non-hydrogen) atoms. The number of hydrogen-bond donors (Lipinski definition) is 2. The largest absolute Gasteiger partial charge is 0.493 e. The van der Waals surface area contributed by atoms with Crippen molar-refractivity contribution in [2.45, 2.75) is 45.6 Å². The summed E-state index contributed by atoms with van der Waals surface area (Å²) >= 11 is 0. The second-order valence-electron chi connectivity index (χ2n) is 7.73. The molecule has 1 unspecified atom stereocenters. The number of amides is 2. The third-order valence-corrected chi connectivity index (χ3v) is 6.15. The normalized spacial score (nSPS) is 17.4. The zero-order valence-corrected chi connectivity index (χ0v) is 18.8. The van der Waals surface area contributed by atoms with Gasteiger partial charge in [-0.2, -0.15) is 4.31 Å². The summed E-state index contributed by atoms with van der Waals surface area (Å²) in [4.78, 5) is 24.9. The van der Waals surface area contributed by atoms with Gasteiger partial charge >= 0.3 is 0 Å². The molecule has 2 rings (SSSR count). The van der Waals surface area contributed by atoms with E-state index in [9.17, 15) is 18.0 Å². The van der Waals surface area contributed by atoms with E-state index in [0.717, 1.165) is 19.1 Å². The van der Waals surface area contributed by atoms with Crippen molar-refractivity contribution in [1.29, 1.82) is 0 Å². The quantitative estimate of drug-likeness (QED) is 0.594. The summed E-state index contributed by atoms with van der Waals surface area (Å²) in [6.45, 7) is 5.03. The third kappa shape index (κ3) is 6.60. The van der Waals surface area contributed by atoms with E-state index in [4.69, 9.17) is 9.47 Å². The Hall–Kier alpha value is -2.33. The van der Waals surface area contributed by atoms with Crippen molar-refractivity contribution in [3.63, 3.8) is 0 Å². The van der Waals surface area contributed by atoms with E-state index in [0.29, 0.717) is 43.4 Å². The number of carbonyl (C=O) groups excluding carboxylic acids is 2. The average molecular weight is 442 g/mol. The predicted molar refractivity (Wildman–Crippen MR) is 113 cm³/mol. The fourth-order valence-corrected chi connectivity index (χ4v) is 4.29. The van der Waals surface area contributed by atoms with Gasteiger partial charge in [0, 0.05) is 12.1 Å². The fraction of sp³-hybridized carbons (Fsp3) is 0.600. The molecule has 1 fully saturated rings. The van der Waals surface area contributed by atoms with Crippen LogP contribution in [0.5, 0.6) is 11.5 Å². The Labute approximate surface area is 178 Å². The molecule has 0 saturated carbocycles. The van der Waals surface area contributed by atoms with Gasteiger partial charge in [0.2, 0.25) is 10.0 Å². The van der Waals surface area contributed by atoms with Crippen molar-refractivity contribution in [3.8, 4) is 11.5 Å². The molecule has 1 saturated heterocycles. The molecule has 168 valence electrons. The first-order chi connectivity index (χ1) is 14.1. The Bertz CT molecular complexity index is 856.